The normalized spacial score (nSPS) is 15.9. The number of allylic oxidation sites excluding steroid dienone is 2. The Balaban J connectivity index is 1.90. The minimum atomic E-state index is -0.522. The zero-order valence-corrected chi connectivity index (χ0v) is 16.0. The number of benzene rings is 2. The number of nitro groups is 1. The van der Waals surface area contributed by atoms with Gasteiger partial charge in [-0.1, -0.05) is 26.0 Å². The zero-order chi connectivity index (χ0) is 19.7. The van der Waals surface area contributed by atoms with Gasteiger partial charge >= 0.3 is 5.97 Å². The van der Waals surface area contributed by atoms with E-state index in [1.165, 1.54) is 35.4 Å². The van der Waals surface area contributed by atoms with Crippen LogP contribution in [-0.2, 0) is 0 Å². The van der Waals surface area contributed by atoms with Gasteiger partial charge in [-0.15, -0.1) is 0 Å². The van der Waals surface area contributed by atoms with Gasteiger partial charge in [-0.2, -0.15) is 0 Å². The second-order valence-corrected chi connectivity index (χ2v) is 7.37. The van der Waals surface area contributed by atoms with Crippen LogP contribution in [0.25, 0.3) is 5.57 Å². The average molecular weight is 365 g/mol. The van der Waals surface area contributed by atoms with Crippen LogP contribution >= 0.6 is 0 Å². The minimum absolute atomic E-state index is 0.0583. The molecule has 0 bridgehead atoms. The first-order chi connectivity index (χ1) is 12.8. The number of hydrogen-bond donors (Lipinski definition) is 0. The molecule has 1 aliphatic carbocycles. The van der Waals surface area contributed by atoms with E-state index in [1.807, 2.05) is 13.0 Å². The van der Waals surface area contributed by atoms with Crippen LogP contribution < -0.4 is 4.74 Å². The standard InChI is InChI=1S/C22H23NO4/c1-13(2)18-10-5-14(3)19-12-21(15(4)11-20(18)19)27-22(24)16-6-8-17(9-7-16)23(25)26/h5-9,11-13,18H,10H2,1-4H3/t18-/m1/s1. The van der Waals surface area contributed by atoms with Gasteiger partial charge < -0.3 is 4.74 Å². The fraction of sp³-hybridized carbons (Fsp3) is 0.318. The SMILES string of the molecule is CC1=CC[C@H](C(C)C)c2cc(C)c(OC(=O)c3ccc([N+](=O)[O-])cc3)cc21. The molecule has 0 radical (unpaired) electrons. The monoisotopic (exact) mass is 365 g/mol. The molecular formula is C22H23NO4. The van der Waals surface area contributed by atoms with Crippen molar-refractivity contribution in [3.05, 3.63) is 74.8 Å². The number of hydrogen-bond acceptors (Lipinski definition) is 4. The van der Waals surface area contributed by atoms with E-state index >= 15 is 0 Å². The van der Waals surface area contributed by atoms with Crippen LogP contribution in [0.15, 0.2) is 42.5 Å². The topological polar surface area (TPSA) is 69.4 Å². The molecule has 5 nitrogen and oxygen atoms in total. The third-order valence-electron chi connectivity index (χ3n) is 5.17. The summed E-state index contributed by atoms with van der Waals surface area (Å²) in [6.45, 7) is 8.46. The molecule has 0 fully saturated rings. The summed E-state index contributed by atoms with van der Waals surface area (Å²) in [6.07, 6.45) is 3.27. The summed E-state index contributed by atoms with van der Waals surface area (Å²) in [5.74, 6) is 0.989. The number of nitrogens with zero attached hydrogens (tertiary/aromatic N) is 1. The van der Waals surface area contributed by atoms with E-state index in [4.69, 9.17) is 4.74 Å². The Hall–Kier alpha value is -2.95. The summed E-state index contributed by atoms with van der Waals surface area (Å²) >= 11 is 0. The molecule has 2 aromatic carbocycles. The predicted molar refractivity (Wildman–Crippen MR) is 105 cm³/mol. The molecule has 0 amide bonds. The first-order valence-electron chi connectivity index (χ1n) is 9.06. The maximum Gasteiger partial charge on any atom is 0.343 e. The van der Waals surface area contributed by atoms with Gasteiger partial charge in [0.05, 0.1) is 10.5 Å². The summed E-state index contributed by atoms with van der Waals surface area (Å²) in [5.41, 5.74) is 4.75. The molecule has 0 unspecified atom stereocenters. The molecule has 3 rings (SSSR count). The largest absolute Gasteiger partial charge is 0.423 e. The van der Waals surface area contributed by atoms with Gasteiger partial charge in [0.25, 0.3) is 5.69 Å². The Labute approximate surface area is 158 Å². The van der Waals surface area contributed by atoms with Crippen LogP contribution in [0.4, 0.5) is 5.69 Å². The molecule has 2 aromatic rings. The molecule has 0 aromatic heterocycles. The molecular weight excluding hydrogens is 342 g/mol. The maximum atomic E-state index is 12.5. The Morgan fingerprint density at radius 1 is 1.19 bits per heavy atom. The third kappa shape index (κ3) is 3.77. The fourth-order valence-corrected chi connectivity index (χ4v) is 3.52. The maximum absolute atomic E-state index is 12.5. The van der Waals surface area contributed by atoms with Crippen molar-refractivity contribution in [2.24, 2.45) is 5.92 Å². The number of nitro benzene ring substituents is 1. The number of rotatable bonds is 4. The number of fused-ring (bicyclic) bond motifs is 1. The Kier molecular flexibility index (Phi) is 5.13. The molecule has 5 heteroatoms. The van der Waals surface area contributed by atoms with Gasteiger partial charge in [0.15, 0.2) is 0 Å². The van der Waals surface area contributed by atoms with Crippen molar-refractivity contribution in [2.75, 3.05) is 0 Å². The molecule has 0 saturated carbocycles. The summed E-state index contributed by atoms with van der Waals surface area (Å²) in [4.78, 5) is 22.7. The number of esters is 1. The number of carbonyl (C=O) groups excluding carboxylic acids is 1. The highest BCUT2D eigenvalue weighted by molar-refractivity contribution is 5.91. The number of non-ortho nitro benzene ring substituents is 1. The predicted octanol–water partition coefficient (Wildman–Crippen LogP) is 5.67. The van der Waals surface area contributed by atoms with Crippen molar-refractivity contribution >= 4 is 17.2 Å². The second kappa shape index (κ2) is 7.35. The number of carbonyl (C=O) groups is 1. The first kappa shape index (κ1) is 18.8. The van der Waals surface area contributed by atoms with E-state index in [9.17, 15) is 14.9 Å². The molecule has 0 N–H and O–H groups in total. The Bertz CT molecular complexity index is 926. The van der Waals surface area contributed by atoms with Crippen LogP contribution in [0.5, 0.6) is 5.75 Å². The molecule has 140 valence electrons. The van der Waals surface area contributed by atoms with Crippen molar-refractivity contribution < 1.29 is 14.5 Å². The van der Waals surface area contributed by atoms with Gasteiger partial charge in [-0.3, -0.25) is 10.1 Å². The lowest BCUT2D eigenvalue weighted by atomic mass is 9.77. The van der Waals surface area contributed by atoms with Crippen molar-refractivity contribution in [3.8, 4) is 5.75 Å². The highest BCUT2D eigenvalue weighted by atomic mass is 16.6. The fourth-order valence-electron chi connectivity index (χ4n) is 3.52. The van der Waals surface area contributed by atoms with Crippen molar-refractivity contribution in [1.82, 2.24) is 0 Å². The highest BCUT2D eigenvalue weighted by Crippen LogP contribution is 2.41. The molecule has 0 heterocycles. The average Bonchev–Trinajstić information content (AvgIpc) is 2.63. The summed E-state index contributed by atoms with van der Waals surface area (Å²) in [5, 5.41) is 10.7. The third-order valence-corrected chi connectivity index (χ3v) is 5.17. The smallest absolute Gasteiger partial charge is 0.343 e. The summed E-state index contributed by atoms with van der Waals surface area (Å²) in [7, 11) is 0. The van der Waals surface area contributed by atoms with Crippen LogP contribution in [0.1, 0.15) is 60.2 Å². The minimum Gasteiger partial charge on any atom is -0.423 e. The Morgan fingerprint density at radius 3 is 2.44 bits per heavy atom. The van der Waals surface area contributed by atoms with E-state index in [2.05, 4.69) is 32.9 Å². The van der Waals surface area contributed by atoms with E-state index in [0.717, 1.165) is 17.5 Å². The molecule has 1 atom stereocenters. The molecule has 27 heavy (non-hydrogen) atoms. The zero-order valence-electron chi connectivity index (χ0n) is 16.0. The quantitative estimate of drug-likeness (QED) is 0.303. The number of ether oxygens (including phenoxy) is 1. The van der Waals surface area contributed by atoms with E-state index < -0.39 is 10.9 Å². The highest BCUT2D eigenvalue weighted by Gasteiger charge is 2.24. The van der Waals surface area contributed by atoms with Gasteiger partial charge in [-0.25, -0.2) is 4.79 Å². The number of aryl methyl sites for hydroxylation is 1. The van der Waals surface area contributed by atoms with Crippen molar-refractivity contribution in [3.63, 3.8) is 0 Å². The van der Waals surface area contributed by atoms with Crippen LogP contribution in [0.3, 0.4) is 0 Å². The second-order valence-electron chi connectivity index (χ2n) is 7.37. The van der Waals surface area contributed by atoms with Gasteiger partial charge in [0.1, 0.15) is 5.75 Å². The lowest BCUT2D eigenvalue weighted by Gasteiger charge is -2.28. The van der Waals surface area contributed by atoms with E-state index in [-0.39, 0.29) is 11.3 Å². The lowest BCUT2D eigenvalue weighted by molar-refractivity contribution is -0.384. The van der Waals surface area contributed by atoms with E-state index in [1.54, 1.807) is 0 Å². The van der Waals surface area contributed by atoms with E-state index in [0.29, 0.717) is 17.6 Å². The molecule has 1 aliphatic rings. The van der Waals surface area contributed by atoms with Crippen LogP contribution in [0.2, 0.25) is 0 Å². The molecule has 0 saturated heterocycles. The first-order valence-corrected chi connectivity index (χ1v) is 9.06. The lowest BCUT2D eigenvalue weighted by Crippen LogP contribution is -2.14. The summed E-state index contributed by atoms with van der Waals surface area (Å²) in [6, 6.07) is 9.48. The van der Waals surface area contributed by atoms with Gasteiger partial charge in [0, 0.05) is 12.1 Å². The van der Waals surface area contributed by atoms with Crippen molar-refractivity contribution in [1.29, 1.82) is 0 Å². The van der Waals surface area contributed by atoms with Crippen LogP contribution in [-0.4, -0.2) is 10.9 Å². The Morgan fingerprint density at radius 2 is 1.85 bits per heavy atom. The van der Waals surface area contributed by atoms with Gasteiger partial charge in [0.2, 0.25) is 0 Å². The molecule has 0 spiro atoms. The van der Waals surface area contributed by atoms with Gasteiger partial charge in [-0.05, 0) is 72.6 Å². The van der Waals surface area contributed by atoms with Crippen LogP contribution in [0, 0.1) is 23.0 Å². The van der Waals surface area contributed by atoms with Crippen molar-refractivity contribution in [2.45, 2.75) is 40.0 Å². The molecule has 0 aliphatic heterocycles. The summed E-state index contributed by atoms with van der Waals surface area (Å²) < 4.78 is 5.61.